The third-order valence-electron chi connectivity index (χ3n) is 4.29. The van der Waals surface area contributed by atoms with Crippen LogP contribution < -0.4 is 14.4 Å². The topological polar surface area (TPSA) is 76.1 Å². The third kappa shape index (κ3) is 5.23. The molecule has 1 amide bonds. The molecule has 0 aromatic heterocycles. The molecule has 2 aromatic rings. The zero-order chi connectivity index (χ0) is 20.0. The van der Waals surface area contributed by atoms with Gasteiger partial charge in [0.25, 0.3) is 0 Å². The van der Waals surface area contributed by atoms with Crippen LogP contribution in [0.1, 0.15) is 19.4 Å². The monoisotopic (exact) mass is 371 g/mol. The lowest BCUT2D eigenvalue weighted by Gasteiger charge is -2.30. The van der Waals surface area contributed by atoms with E-state index in [0.717, 1.165) is 11.3 Å². The van der Waals surface area contributed by atoms with E-state index >= 15 is 0 Å². The number of rotatable bonds is 8. The van der Waals surface area contributed by atoms with E-state index in [9.17, 15) is 9.59 Å². The lowest BCUT2D eigenvalue weighted by Crippen LogP contribution is -2.40. The predicted octanol–water partition coefficient (Wildman–Crippen LogP) is 3.39. The number of para-hydroxylation sites is 1. The summed E-state index contributed by atoms with van der Waals surface area (Å²) in [4.78, 5) is 25.2. The van der Waals surface area contributed by atoms with Crippen molar-refractivity contribution < 1.29 is 24.2 Å². The summed E-state index contributed by atoms with van der Waals surface area (Å²) >= 11 is 0. The standard InChI is InChI=1S/C21H25NO5/c1-21(2,13-15-7-5-6-8-18(15)26-4)20(25)22(3)16-9-11-17(12-10-16)27-14-19(23)24/h5-12H,13-14H2,1-4H3,(H,23,24). The minimum Gasteiger partial charge on any atom is -0.496 e. The van der Waals surface area contributed by atoms with Crippen LogP contribution in [-0.4, -0.2) is 37.7 Å². The Morgan fingerprint density at radius 2 is 1.70 bits per heavy atom. The van der Waals surface area contributed by atoms with E-state index in [1.807, 2.05) is 38.1 Å². The molecule has 0 aliphatic heterocycles. The highest BCUT2D eigenvalue weighted by molar-refractivity contribution is 5.96. The van der Waals surface area contributed by atoms with Crippen LogP contribution >= 0.6 is 0 Å². The second-order valence-corrected chi connectivity index (χ2v) is 6.91. The van der Waals surface area contributed by atoms with Gasteiger partial charge in [-0.3, -0.25) is 4.79 Å². The number of carbonyl (C=O) groups is 2. The van der Waals surface area contributed by atoms with E-state index in [-0.39, 0.29) is 5.91 Å². The Kier molecular flexibility index (Phi) is 6.45. The highest BCUT2D eigenvalue weighted by Gasteiger charge is 2.32. The van der Waals surface area contributed by atoms with Gasteiger partial charge in [-0.15, -0.1) is 0 Å². The number of carboxylic acid groups (broad SMARTS) is 1. The van der Waals surface area contributed by atoms with E-state index in [1.54, 1.807) is 43.3 Å². The number of carboxylic acids is 1. The molecule has 0 radical (unpaired) electrons. The van der Waals surface area contributed by atoms with Crippen LogP contribution in [0.2, 0.25) is 0 Å². The quantitative estimate of drug-likeness (QED) is 0.770. The highest BCUT2D eigenvalue weighted by Crippen LogP contribution is 2.31. The Bertz CT molecular complexity index is 798. The van der Waals surface area contributed by atoms with Gasteiger partial charge in [-0.2, -0.15) is 0 Å². The van der Waals surface area contributed by atoms with Crippen LogP contribution in [0.5, 0.6) is 11.5 Å². The molecule has 6 nitrogen and oxygen atoms in total. The van der Waals surface area contributed by atoms with Gasteiger partial charge in [0.1, 0.15) is 11.5 Å². The fourth-order valence-corrected chi connectivity index (χ4v) is 2.88. The summed E-state index contributed by atoms with van der Waals surface area (Å²) in [5, 5.41) is 8.65. The van der Waals surface area contributed by atoms with Gasteiger partial charge in [0.05, 0.1) is 7.11 Å². The van der Waals surface area contributed by atoms with Crippen molar-refractivity contribution in [2.45, 2.75) is 20.3 Å². The van der Waals surface area contributed by atoms with Gasteiger partial charge in [-0.25, -0.2) is 4.79 Å². The minimum absolute atomic E-state index is 0.0346. The summed E-state index contributed by atoms with van der Waals surface area (Å²) in [5.41, 5.74) is 1.04. The van der Waals surface area contributed by atoms with Crippen LogP contribution in [0.3, 0.4) is 0 Å². The maximum atomic E-state index is 13.0. The van der Waals surface area contributed by atoms with E-state index in [2.05, 4.69) is 0 Å². The summed E-state index contributed by atoms with van der Waals surface area (Å²) in [5.74, 6) is 0.133. The second-order valence-electron chi connectivity index (χ2n) is 6.91. The first-order valence-electron chi connectivity index (χ1n) is 8.59. The Morgan fingerprint density at radius 3 is 2.30 bits per heavy atom. The van der Waals surface area contributed by atoms with Crippen molar-refractivity contribution in [3.63, 3.8) is 0 Å². The van der Waals surface area contributed by atoms with Gasteiger partial charge in [0.2, 0.25) is 5.91 Å². The average Bonchev–Trinajstić information content (AvgIpc) is 2.65. The predicted molar refractivity (Wildman–Crippen MR) is 103 cm³/mol. The zero-order valence-corrected chi connectivity index (χ0v) is 16.1. The number of methoxy groups -OCH3 is 1. The van der Waals surface area contributed by atoms with Crippen molar-refractivity contribution in [2.75, 3.05) is 25.7 Å². The number of amides is 1. The highest BCUT2D eigenvalue weighted by atomic mass is 16.5. The molecule has 0 saturated carbocycles. The molecule has 2 rings (SSSR count). The molecule has 0 bridgehead atoms. The summed E-state index contributed by atoms with van der Waals surface area (Å²) in [6.45, 7) is 3.41. The normalized spacial score (nSPS) is 11.0. The van der Waals surface area contributed by atoms with Gasteiger partial charge < -0.3 is 19.5 Å². The number of ether oxygens (including phenoxy) is 2. The molecule has 0 spiro atoms. The molecule has 27 heavy (non-hydrogen) atoms. The van der Waals surface area contributed by atoms with Crippen molar-refractivity contribution >= 4 is 17.6 Å². The summed E-state index contributed by atoms with van der Waals surface area (Å²) in [6, 6.07) is 14.4. The molecule has 0 aliphatic carbocycles. The van der Waals surface area contributed by atoms with Gasteiger partial charge in [0, 0.05) is 18.2 Å². The van der Waals surface area contributed by atoms with Crippen molar-refractivity contribution in [2.24, 2.45) is 5.41 Å². The maximum Gasteiger partial charge on any atom is 0.341 e. The van der Waals surface area contributed by atoms with Crippen LogP contribution in [-0.2, 0) is 16.0 Å². The Labute approximate surface area is 159 Å². The first-order chi connectivity index (χ1) is 12.7. The molecule has 0 heterocycles. The van der Waals surface area contributed by atoms with Crippen molar-refractivity contribution in [1.82, 2.24) is 0 Å². The van der Waals surface area contributed by atoms with E-state index in [1.165, 1.54) is 0 Å². The van der Waals surface area contributed by atoms with Crippen molar-refractivity contribution in [1.29, 1.82) is 0 Å². The summed E-state index contributed by atoms with van der Waals surface area (Å²) in [6.07, 6.45) is 0.542. The lowest BCUT2D eigenvalue weighted by atomic mass is 9.84. The maximum absolute atomic E-state index is 13.0. The smallest absolute Gasteiger partial charge is 0.341 e. The van der Waals surface area contributed by atoms with Crippen molar-refractivity contribution in [3.05, 3.63) is 54.1 Å². The Morgan fingerprint density at radius 1 is 1.07 bits per heavy atom. The van der Waals surface area contributed by atoms with Gasteiger partial charge in [-0.05, 0) is 42.3 Å². The minimum atomic E-state index is -1.04. The third-order valence-corrected chi connectivity index (χ3v) is 4.29. The molecule has 6 heteroatoms. The fraction of sp³-hybridized carbons (Fsp3) is 0.333. The van der Waals surface area contributed by atoms with Crippen molar-refractivity contribution in [3.8, 4) is 11.5 Å². The molecule has 0 fully saturated rings. The van der Waals surface area contributed by atoms with Crippen LogP contribution in [0.25, 0.3) is 0 Å². The Balaban J connectivity index is 2.11. The molecule has 0 aliphatic rings. The van der Waals surface area contributed by atoms with E-state index in [4.69, 9.17) is 14.6 Å². The molecular formula is C21H25NO5. The van der Waals surface area contributed by atoms with E-state index < -0.39 is 18.0 Å². The fourth-order valence-electron chi connectivity index (χ4n) is 2.88. The summed E-state index contributed by atoms with van der Waals surface area (Å²) < 4.78 is 10.5. The largest absolute Gasteiger partial charge is 0.496 e. The molecular weight excluding hydrogens is 346 g/mol. The Hall–Kier alpha value is -3.02. The van der Waals surface area contributed by atoms with E-state index in [0.29, 0.717) is 17.9 Å². The lowest BCUT2D eigenvalue weighted by molar-refractivity contribution is -0.139. The molecule has 0 unspecified atom stereocenters. The number of hydrogen-bond acceptors (Lipinski definition) is 4. The number of anilines is 1. The molecule has 1 N–H and O–H groups in total. The SMILES string of the molecule is COc1ccccc1CC(C)(C)C(=O)N(C)c1ccc(OCC(=O)O)cc1. The molecule has 0 saturated heterocycles. The molecule has 0 atom stereocenters. The van der Waals surface area contributed by atoms with Gasteiger partial charge >= 0.3 is 5.97 Å². The molecule has 144 valence electrons. The first kappa shape index (κ1) is 20.3. The van der Waals surface area contributed by atoms with Gasteiger partial charge in [0.15, 0.2) is 6.61 Å². The first-order valence-corrected chi connectivity index (χ1v) is 8.59. The number of benzene rings is 2. The zero-order valence-electron chi connectivity index (χ0n) is 16.1. The second kappa shape index (κ2) is 8.58. The molecule has 2 aromatic carbocycles. The number of nitrogens with zero attached hydrogens (tertiary/aromatic N) is 1. The van der Waals surface area contributed by atoms with Crippen LogP contribution in [0.15, 0.2) is 48.5 Å². The number of carbonyl (C=O) groups excluding carboxylic acids is 1. The average molecular weight is 371 g/mol. The number of hydrogen-bond donors (Lipinski definition) is 1. The summed E-state index contributed by atoms with van der Waals surface area (Å²) in [7, 11) is 3.34. The van der Waals surface area contributed by atoms with Crippen LogP contribution in [0, 0.1) is 5.41 Å². The van der Waals surface area contributed by atoms with Crippen LogP contribution in [0.4, 0.5) is 5.69 Å². The number of aliphatic carboxylic acids is 1. The van der Waals surface area contributed by atoms with Gasteiger partial charge in [-0.1, -0.05) is 32.0 Å².